The summed E-state index contributed by atoms with van der Waals surface area (Å²) in [6.45, 7) is 3.22. The van der Waals surface area contributed by atoms with Gasteiger partial charge in [0.05, 0.1) is 18.8 Å². The highest BCUT2D eigenvalue weighted by molar-refractivity contribution is 5.81. The molecule has 4 heteroatoms. The van der Waals surface area contributed by atoms with E-state index in [2.05, 4.69) is 6.58 Å². The van der Waals surface area contributed by atoms with Gasteiger partial charge in [-0.3, -0.25) is 0 Å². The van der Waals surface area contributed by atoms with Gasteiger partial charge in [-0.05, 0) is 41.7 Å². The number of allylic oxidation sites excluding steroid dienone is 1. The fraction of sp³-hybridized carbons (Fsp3) is 0.273. The largest absolute Gasteiger partial charge is 0.508 e. The van der Waals surface area contributed by atoms with Gasteiger partial charge >= 0.3 is 0 Å². The van der Waals surface area contributed by atoms with Gasteiger partial charge < -0.3 is 20.4 Å². The van der Waals surface area contributed by atoms with Crippen molar-refractivity contribution in [3.05, 3.63) is 78.4 Å². The molecule has 0 spiro atoms. The molecule has 0 saturated carbocycles. The number of aromatic hydroxyl groups is 1. The minimum absolute atomic E-state index is 0.198. The van der Waals surface area contributed by atoms with Gasteiger partial charge in [0.15, 0.2) is 0 Å². The topological polar surface area (TPSA) is 80.9 Å². The maximum atomic E-state index is 10.4. The molecule has 0 amide bonds. The number of aliphatic hydroxyl groups excluding tert-OH is 3. The lowest BCUT2D eigenvalue weighted by Gasteiger charge is -2.24. The van der Waals surface area contributed by atoms with Gasteiger partial charge in [-0.2, -0.15) is 0 Å². The van der Waals surface area contributed by atoms with E-state index in [1.807, 2.05) is 42.5 Å². The van der Waals surface area contributed by atoms with Crippen LogP contribution in [0, 0.1) is 5.92 Å². The Bertz CT molecular complexity index is 724. The fourth-order valence-electron chi connectivity index (χ4n) is 2.96. The van der Waals surface area contributed by atoms with E-state index < -0.39 is 24.7 Å². The second kappa shape index (κ2) is 9.92. The molecule has 0 unspecified atom stereocenters. The van der Waals surface area contributed by atoms with E-state index in [1.165, 1.54) is 6.08 Å². The van der Waals surface area contributed by atoms with Crippen molar-refractivity contribution in [2.45, 2.75) is 25.0 Å². The van der Waals surface area contributed by atoms with E-state index in [1.54, 1.807) is 18.2 Å². The van der Waals surface area contributed by atoms with E-state index in [0.29, 0.717) is 12.8 Å². The normalized spacial score (nSPS) is 15.3. The number of aliphatic hydroxyl groups is 3. The number of phenols is 1. The standard InChI is InChI=1S/C22H26O4/c1-2-20(22(26)15-23)21(25)12-11-18(17-8-4-3-5-9-17)13-16-7-6-10-19(24)14-16/h2-10,13-14,20-26H,1,11-12,15H2/b18-13-/t20-,21-,22-/m1/s1. The molecule has 0 bridgehead atoms. The summed E-state index contributed by atoms with van der Waals surface area (Å²) in [6.07, 6.45) is 2.60. The number of phenolic OH excluding ortho intramolecular Hbond substituents is 1. The molecule has 2 aromatic rings. The summed E-state index contributed by atoms with van der Waals surface area (Å²) in [4.78, 5) is 0. The van der Waals surface area contributed by atoms with Crippen LogP contribution in [0.15, 0.2) is 67.3 Å². The third kappa shape index (κ3) is 5.56. The Balaban J connectivity index is 2.21. The molecule has 3 atom stereocenters. The third-order valence-corrected chi connectivity index (χ3v) is 4.41. The van der Waals surface area contributed by atoms with Crippen LogP contribution in [0.4, 0.5) is 0 Å². The summed E-state index contributed by atoms with van der Waals surface area (Å²) in [7, 11) is 0. The molecule has 2 rings (SSSR count). The van der Waals surface area contributed by atoms with Crippen molar-refractivity contribution in [3.63, 3.8) is 0 Å². The second-order valence-corrected chi connectivity index (χ2v) is 6.30. The summed E-state index contributed by atoms with van der Waals surface area (Å²) in [5.74, 6) is -0.387. The summed E-state index contributed by atoms with van der Waals surface area (Å²) in [5, 5.41) is 39.0. The zero-order chi connectivity index (χ0) is 18.9. The zero-order valence-electron chi connectivity index (χ0n) is 14.7. The van der Waals surface area contributed by atoms with Crippen LogP contribution in [-0.2, 0) is 0 Å². The van der Waals surface area contributed by atoms with Crippen LogP contribution in [0.25, 0.3) is 11.6 Å². The van der Waals surface area contributed by atoms with Crippen molar-refractivity contribution in [1.29, 1.82) is 0 Å². The Morgan fingerprint density at radius 3 is 2.35 bits per heavy atom. The molecule has 138 valence electrons. The molecule has 0 aliphatic carbocycles. The SMILES string of the molecule is C=C[C@@H]([C@H](O)CO)[C@H](O)CC/C(=C/c1cccc(O)c1)c1ccccc1. The Hall–Kier alpha value is -2.40. The van der Waals surface area contributed by atoms with E-state index >= 15 is 0 Å². The van der Waals surface area contributed by atoms with Crippen molar-refractivity contribution in [1.82, 2.24) is 0 Å². The van der Waals surface area contributed by atoms with Gasteiger partial charge in [-0.15, -0.1) is 6.58 Å². The smallest absolute Gasteiger partial charge is 0.116 e. The molecule has 2 aromatic carbocycles. The highest BCUT2D eigenvalue weighted by atomic mass is 16.3. The molecule has 4 nitrogen and oxygen atoms in total. The predicted molar refractivity (Wildman–Crippen MR) is 104 cm³/mol. The zero-order valence-corrected chi connectivity index (χ0v) is 14.7. The molecule has 26 heavy (non-hydrogen) atoms. The van der Waals surface area contributed by atoms with E-state index in [4.69, 9.17) is 5.11 Å². The predicted octanol–water partition coefficient (Wildman–Crippen LogP) is 3.23. The molecule has 0 aliphatic rings. The maximum absolute atomic E-state index is 10.4. The lowest BCUT2D eigenvalue weighted by atomic mass is 9.90. The first-order valence-electron chi connectivity index (χ1n) is 8.69. The van der Waals surface area contributed by atoms with Crippen LogP contribution >= 0.6 is 0 Å². The van der Waals surface area contributed by atoms with Gasteiger partial charge in [0, 0.05) is 5.92 Å². The highest BCUT2D eigenvalue weighted by Gasteiger charge is 2.23. The Labute approximate surface area is 154 Å². The molecule has 0 fully saturated rings. The first-order valence-corrected chi connectivity index (χ1v) is 8.69. The van der Waals surface area contributed by atoms with E-state index in [9.17, 15) is 15.3 Å². The molecule has 0 aromatic heterocycles. The average Bonchev–Trinajstić information content (AvgIpc) is 2.66. The molecule has 4 N–H and O–H groups in total. The first-order chi connectivity index (χ1) is 12.5. The van der Waals surface area contributed by atoms with Crippen molar-refractivity contribution in [3.8, 4) is 5.75 Å². The van der Waals surface area contributed by atoms with Gasteiger partial charge in [0.2, 0.25) is 0 Å². The van der Waals surface area contributed by atoms with E-state index in [0.717, 1.165) is 16.7 Å². The van der Waals surface area contributed by atoms with Crippen molar-refractivity contribution in [2.24, 2.45) is 5.92 Å². The van der Waals surface area contributed by atoms with Crippen LogP contribution in [0.3, 0.4) is 0 Å². The number of hydrogen-bond donors (Lipinski definition) is 4. The highest BCUT2D eigenvalue weighted by Crippen LogP contribution is 2.27. The van der Waals surface area contributed by atoms with Gasteiger partial charge in [-0.25, -0.2) is 0 Å². The van der Waals surface area contributed by atoms with Crippen LogP contribution in [0.5, 0.6) is 5.75 Å². The number of rotatable bonds is 9. The number of hydrogen-bond acceptors (Lipinski definition) is 4. The van der Waals surface area contributed by atoms with Crippen molar-refractivity contribution >= 4 is 11.6 Å². The Morgan fingerprint density at radius 2 is 1.73 bits per heavy atom. The molecular weight excluding hydrogens is 328 g/mol. The lowest BCUT2D eigenvalue weighted by Crippen LogP contribution is -2.32. The van der Waals surface area contributed by atoms with Gasteiger partial charge in [0.1, 0.15) is 5.75 Å². The molecular formula is C22H26O4. The summed E-state index contributed by atoms with van der Waals surface area (Å²) >= 11 is 0. The minimum atomic E-state index is -1.03. The van der Waals surface area contributed by atoms with Crippen LogP contribution in [0.2, 0.25) is 0 Å². The third-order valence-electron chi connectivity index (χ3n) is 4.41. The quantitative estimate of drug-likeness (QED) is 0.412. The minimum Gasteiger partial charge on any atom is -0.508 e. The average molecular weight is 354 g/mol. The summed E-state index contributed by atoms with van der Waals surface area (Å²) < 4.78 is 0. The molecule has 0 heterocycles. The summed E-state index contributed by atoms with van der Waals surface area (Å²) in [6, 6.07) is 16.8. The van der Waals surface area contributed by atoms with E-state index in [-0.39, 0.29) is 5.75 Å². The fourth-order valence-corrected chi connectivity index (χ4v) is 2.96. The van der Waals surface area contributed by atoms with Crippen LogP contribution < -0.4 is 0 Å². The molecule has 0 radical (unpaired) electrons. The maximum Gasteiger partial charge on any atom is 0.116 e. The monoisotopic (exact) mass is 354 g/mol. The van der Waals surface area contributed by atoms with Gasteiger partial charge in [0.25, 0.3) is 0 Å². The Kier molecular flexibility index (Phi) is 7.60. The van der Waals surface area contributed by atoms with Gasteiger partial charge in [-0.1, -0.05) is 54.6 Å². The second-order valence-electron chi connectivity index (χ2n) is 6.30. The van der Waals surface area contributed by atoms with Crippen LogP contribution in [0.1, 0.15) is 24.0 Å². The number of benzene rings is 2. The Morgan fingerprint density at radius 1 is 1.00 bits per heavy atom. The summed E-state index contributed by atoms with van der Waals surface area (Å²) in [5.41, 5.74) is 2.91. The first kappa shape index (κ1) is 19.9. The van der Waals surface area contributed by atoms with Crippen LogP contribution in [-0.4, -0.2) is 39.2 Å². The van der Waals surface area contributed by atoms with Crippen molar-refractivity contribution < 1.29 is 20.4 Å². The lowest BCUT2D eigenvalue weighted by molar-refractivity contribution is 0.00257. The van der Waals surface area contributed by atoms with Crippen molar-refractivity contribution in [2.75, 3.05) is 6.61 Å². The molecule has 0 aliphatic heterocycles. The molecule has 0 saturated heterocycles.